The molecule has 1 fully saturated rings. The molecule has 1 unspecified atom stereocenters. The topological polar surface area (TPSA) is 44.4 Å². The second kappa shape index (κ2) is 7.14. The smallest absolute Gasteiger partial charge is 0.317 e. The Labute approximate surface area is 115 Å². The van der Waals surface area contributed by atoms with Crippen LogP contribution in [0, 0.1) is 0 Å². The number of amides is 2. The second-order valence-electron chi connectivity index (χ2n) is 4.94. The van der Waals surface area contributed by atoms with Crippen LogP contribution in [-0.2, 0) is 0 Å². The number of nitrogens with one attached hydrogen (secondary N) is 2. The van der Waals surface area contributed by atoms with Gasteiger partial charge in [0.05, 0.1) is 6.04 Å². The van der Waals surface area contributed by atoms with Gasteiger partial charge in [-0.3, -0.25) is 0 Å². The van der Waals surface area contributed by atoms with E-state index < -0.39 is 0 Å². The van der Waals surface area contributed by atoms with Crippen molar-refractivity contribution in [1.29, 1.82) is 0 Å². The first-order chi connectivity index (χ1) is 9.31. The highest BCUT2D eigenvalue weighted by atomic mass is 16.2. The van der Waals surface area contributed by atoms with Gasteiger partial charge < -0.3 is 15.5 Å². The molecule has 4 heteroatoms. The predicted octanol–water partition coefficient (Wildman–Crippen LogP) is 1.82. The van der Waals surface area contributed by atoms with Gasteiger partial charge in [0.2, 0.25) is 0 Å². The van der Waals surface area contributed by atoms with Crippen molar-refractivity contribution in [2.24, 2.45) is 0 Å². The van der Waals surface area contributed by atoms with Crippen molar-refractivity contribution in [3.63, 3.8) is 0 Å². The molecule has 1 aliphatic carbocycles. The summed E-state index contributed by atoms with van der Waals surface area (Å²) in [5.74, 6) is 0. The molecule has 0 bridgehead atoms. The molecule has 2 amide bonds. The summed E-state index contributed by atoms with van der Waals surface area (Å²) in [6.45, 7) is 2.66. The highest BCUT2D eigenvalue weighted by Crippen LogP contribution is 2.17. The fraction of sp³-hybridized carbons (Fsp3) is 0.533. The fourth-order valence-electron chi connectivity index (χ4n) is 2.55. The minimum Gasteiger partial charge on any atom is -0.341 e. The van der Waals surface area contributed by atoms with Gasteiger partial charge >= 0.3 is 6.03 Å². The Balaban J connectivity index is 2.12. The van der Waals surface area contributed by atoms with Gasteiger partial charge in [-0.1, -0.05) is 30.4 Å². The van der Waals surface area contributed by atoms with Crippen LogP contribution in [0.4, 0.5) is 4.79 Å². The van der Waals surface area contributed by atoms with E-state index in [0.29, 0.717) is 0 Å². The zero-order valence-corrected chi connectivity index (χ0v) is 11.6. The van der Waals surface area contributed by atoms with Crippen molar-refractivity contribution in [2.45, 2.75) is 25.3 Å². The summed E-state index contributed by atoms with van der Waals surface area (Å²) in [5.41, 5.74) is 1.30. The fourth-order valence-corrected chi connectivity index (χ4v) is 2.55. The minimum atomic E-state index is 0.0147. The van der Waals surface area contributed by atoms with Crippen molar-refractivity contribution >= 4 is 6.03 Å². The first-order valence-corrected chi connectivity index (χ1v) is 7.04. The van der Waals surface area contributed by atoms with E-state index in [1.165, 1.54) is 5.57 Å². The summed E-state index contributed by atoms with van der Waals surface area (Å²) >= 11 is 0. The van der Waals surface area contributed by atoms with Crippen LogP contribution in [0.2, 0.25) is 0 Å². The maximum atomic E-state index is 12.0. The molecule has 2 N–H and O–H groups in total. The Morgan fingerprint density at radius 3 is 3.11 bits per heavy atom. The van der Waals surface area contributed by atoms with Gasteiger partial charge in [-0.15, -0.1) is 0 Å². The van der Waals surface area contributed by atoms with E-state index in [1.807, 2.05) is 4.90 Å². The van der Waals surface area contributed by atoms with Crippen molar-refractivity contribution in [3.05, 3.63) is 36.0 Å². The third-order valence-corrected chi connectivity index (χ3v) is 3.58. The maximum absolute atomic E-state index is 12.0. The average Bonchev–Trinajstić information content (AvgIpc) is 2.42. The van der Waals surface area contributed by atoms with Crippen molar-refractivity contribution in [1.82, 2.24) is 15.5 Å². The zero-order valence-electron chi connectivity index (χ0n) is 11.6. The molecule has 2 rings (SSSR count). The lowest BCUT2D eigenvalue weighted by atomic mass is 10.0. The summed E-state index contributed by atoms with van der Waals surface area (Å²) in [5, 5.41) is 6.10. The van der Waals surface area contributed by atoms with Crippen LogP contribution in [0.1, 0.15) is 19.3 Å². The molecule has 1 aliphatic heterocycles. The molecular weight excluding hydrogens is 238 g/mol. The predicted molar refractivity (Wildman–Crippen MR) is 78.0 cm³/mol. The van der Waals surface area contributed by atoms with Gasteiger partial charge in [-0.25, -0.2) is 4.79 Å². The van der Waals surface area contributed by atoms with Crippen LogP contribution < -0.4 is 10.6 Å². The van der Waals surface area contributed by atoms with E-state index >= 15 is 0 Å². The quantitative estimate of drug-likeness (QED) is 0.756. The lowest BCUT2D eigenvalue weighted by Gasteiger charge is -2.32. The molecule has 19 heavy (non-hydrogen) atoms. The van der Waals surface area contributed by atoms with E-state index in [2.05, 4.69) is 41.0 Å². The van der Waals surface area contributed by atoms with Gasteiger partial charge in [0.25, 0.3) is 0 Å². The van der Waals surface area contributed by atoms with E-state index in [4.69, 9.17) is 0 Å². The number of rotatable bonds is 1. The molecule has 104 valence electrons. The highest BCUT2D eigenvalue weighted by Gasteiger charge is 2.22. The summed E-state index contributed by atoms with van der Waals surface area (Å²) in [4.78, 5) is 13.9. The van der Waals surface area contributed by atoms with Crippen LogP contribution in [0.15, 0.2) is 36.0 Å². The Morgan fingerprint density at radius 2 is 2.37 bits per heavy atom. The number of hydrogen-bond acceptors (Lipinski definition) is 2. The first-order valence-electron chi connectivity index (χ1n) is 7.04. The summed E-state index contributed by atoms with van der Waals surface area (Å²) in [6.07, 6.45) is 13.7. The Kier molecular flexibility index (Phi) is 5.21. The molecule has 4 nitrogen and oxygen atoms in total. The van der Waals surface area contributed by atoms with Crippen molar-refractivity contribution in [2.75, 3.05) is 26.7 Å². The lowest BCUT2D eigenvalue weighted by Crippen LogP contribution is -2.48. The lowest BCUT2D eigenvalue weighted by molar-refractivity contribution is 0.180. The van der Waals surface area contributed by atoms with Gasteiger partial charge in [0, 0.05) is 20.1 Å². The SMILES string of the molecule is CNC(=O)N1CCNCCCC1C=C1C=CC=CC1. The number of allylic oxidation sites excluding steroid dienone is 5. The van der Waals surface area contributed by atoms with Crippen LogP contribution in [0.5, 0.6) is 0 Å². The molecule has 1 heterocycles. The third-order valence-electron chi connectivity index (χ3n) is 3.58. The van der Waals surface area contributed by atoms with Crippen molar-refractivity contribution < 1.29 is 4.79 Å². The minimum absolute atomic E-state index is 0.0147. The highest BCUT2D eigenvalue weighted by molar-refractivity contribution is 5.74. The molecule has 0 radical (unpaired) electrons. The van der Waals surface area contributed by atoms with Crippen LogP contribution >= 0.6 is 0 Å². The van der Waals surface area contributed by atoms with Gasteiger partial charge in [-0.2, -0.15) is 0 Å². The molecule has 0 aromatic heterocycles. The summed E-state index contributed by atoms with van der Waals surface area (Å²) in [7, 11) is 1.70. The largest absolute Gasteiger partial charge is 0.341 e. The van der Waals surface area contributed by atoms with Gasteiger partial charge in [0.1, 0.15) is 0 Å². The number of urea groups is 1. The molecular formula is C15H23N3O. The molecule has 0 spiro atoms. The summed E-state index contributed by atoms with van der Waals surface area (Å²) < 4.78 is 0. The third kappa shape index (κ3) is 3.96. The van der Waals surface area contributed by atoms with Crippen molar-refractivity contribution in [3.8, 4) is 0 Å². The van der Waals surface area contributed by atoms with E-state index in [0.717, 1.165) is 38.9 Å². The van der Waals surface area contributed by atoms with Crippen LogP contribution in [0.25, 0.3) is 0 Å². The molecule has 1 atom stereocenters. The van der Waals surface area contributed by atoms with E-state index in [9.17, 15) is 4.79 Å². The Morgan fingerprint density at radius 1 is 1.47 bits per heavy atom. The van der Waals surface area contributed by atoms with Gasteiger partial charge in [-0.05, 0) is 31.4 Å². The first kappa shape index (κ1) is 13.9. The number of carbonyl (C=O) groups is 1. The van der Waals surface area contributed by atoms with E-state index in [-0.39, 0.29) is 12.1 Å². The molecule has 2 aliphatic rings. The zero-order chi connectivity index (χ0) is 13.5. The van der Waals surface area contributed by atoms with Crippen LogP contribution in [0.3, 0.4) is 0 Å². The summed E-state index contributed by atoms with van der Waals surface area (Å²) in [6, 6.07) is 0.217. The van der Waals surface area contributed by atoms with E-state index in [1.54, 1.807) is 7.05 Å². The maximum Gasteiger partial charge on any atom is 0.317 e. The second-order valence-corrected chi connectivity index (χ2v) is 4.94. The number of nitrogens with zero attached hydrogens (tertiary/aromatic N) is 1. The normalized spacial score (nSPS) is 26.1. The monoisotopic (exact) mass is 261 g/mol. The number of hydrogen-bond donors (Lipinski definition) is 2. The van der Waals surface area contributed by atoms with Gasteiger partial charge in [0.15, 0.2) is 0 Å². The molecule has 0 saturated carbocycles. The average molecular weight is 261 g/mol. The molecule has 1 saturated heterocycles. The number of carbonyl (C=O) groups excluding carboxylic acids is 1. The Hall–Kier alpha value is -1.55. The van der Waals surface area contributed by atoms with Crippen LogP contribution in [-0.4, -0.2) is 43.7 Å². The Bertz CT molecular complexity index is 398. The molecule has 0 aromatic rings. The molecule has 0 aromatic carbocycles. The standard InChI is InChI=1S/C15H23N3O/c1-16-15(19)18-11-10-17-9-5-8-14(18)12-13-6-3-2-4-7-13/h2-4,6,12,14,17H,5,7-11H2,1H3,(H,16,19).